The molecule has 1 aromatic carbocycles. The third kappa shape index (κ3) is 2.04. The van der Waals surface area contributed by atoms with E-state index in [9.17, 15) is 0 Å². The molecule has 0 fully saturated rings. The Hall–Kier alpha value is -1.26. The second-order valence-corrected chi connectivity index (χ2v) is 7.84. The molecule has 3 heterocycles. The molecule has 2 nitrogen and oxygen atoms in total. The van der Waals surface area contributed by atoms with Gasteiger partial charge in [0.2, 0.25) is 0 Å². The summed E-state index contributed by atoms with van der Waals surface area (Å²) < 4.78 is 1.38. The van der Waals surface area contributed by atoms with Crippen molar-refractivity contribution in [2.45, 2.75) is 20.8 Å². The summed E-state index contributed by atoms with van der Waals surface area (Å²) in [6.45, 7) is 8.71. The summed E-state index contributed by atoms with van der Waals surface area (Å²) in [5.41, 5.74) is 4.11. The fourth-order valence-electron chi connectivity index (χ4n) is 2.99. The number of thioether (sulfide) groups is 1. The molecule has 2 aliphatic heterocycles. The van der Waals surface area contributed by atoms with Crippen LogP contribution < -0.4 is 0 Å². The van der Waals surface area contributed by atoms with E-state index in [2.05, 4.69) is 54.2 Å². The van der Waals surface area contributed by atoms with E-state index in [0.29, 0.717) is 5.92 Å². The normalized spacial score (nSPS) is 18.1. The van der Waals surface area contributed by atoms with Crippen LogP contribution in [-0.4, -0.2) is 23.2 Å². The summed E-state index contributed by atoms with van der Waals surface area (Å²) in [5, 5.41) is 4.83. The van der Waals surface area contributed by atoms with Gasteiger partial charge in [0.05, 0.1) is 12.2 Å². The van der Waals surface area contributed by atoms with Gasteiger partial charge in [-0.25, -0.2) is 0 Å². The second-order valence-electron chi connectivity index (χ2n) is 5.92. The standard InChI is InChI=1S/C17H18N2S2/c1-10(2)16-15(19-7-6-18-17(19)21-16)12-4-5-14-13(8-12)11(3)9-20-14/h4-5,8-10H,6-7H2,1-3H3. The Morgan fingerprint density at radius 1 is 1.29 bits per heavy atom. The van der Waals surface area contributed by atoms with Crippen LogP contribution in [0.2, 0.25) is 0 Å². The summed E-state index contributed by atoms with van der Waals surface area (Å²) in [5.74, 6) is 0.539. The van der Waals surface area contributed by atoms with E-state index in [0.717, 1.165) is 13.1 Å². The number of hydrogen-bond donors (Lipinski definition) is 0. The minimum atomic E-state index is 0.539. The van der Waals surface area contributed by atoms with Crippen molar-refractivity contribution >= 4 is 44.0 Å². The summed E-state index contributed by atoms with van der Waals surface area (Å²) in [7, 11) is 0. The van der Waals surface area contributed by atoms with E-state index in [4.69, 9.17) is 0 Å². The second kappa shape index (κ2) is 4.89. The van der Waals surface area contributed by atoms with Crippen LogP contribution in [0.4, 0.5) is 0 Å². The summed E-state index contributed by atoms with van der Waals surface area (Å²) in [6, 6.07) is 6.90. The molecule has 0 aliphatic carbocycles. The highest BCUT2D eigenvalue weighted by Gasteiger charge is 2.34. The smallest absolute Gasteiger partial charge is 0.168 e. The summed E-state index contributed by atoms with van der Waals surface area (Å²) >= 11 is 3.70. The molecule has 21 heavy (non-hydrogen) atoms. The molecule has 4 heteroatoms. The molecule has 108 valence electrons. The van der Waals surface area contributed by atoms with E-state index in [1.54, 1.807) is 0 Å². The Bertz CT molecular complexity index is 783. The number of thiophene rings is 1. The molecular weight excluding hydrogens is 296 g/mol. The van der Waals surface area contributed by atoms with Gasteiger partial charge >= 0.3 is 0 Å². The molecule has 0 N–H and O–H groups in total. The molecule has 2 aromatic rings. The van der Waals surface area contributed by atoms with Crippen LogP contribution in [0.3, 0.4) is 0 Å². The summed E-state index contributed by atoms with van der Waals surface area (Å²) in [6.07, 6.45) is 0. The van der Waals surface area contributed by atoms with Crippen LogP contribution in [0, 0.1) is 12.8 Å². The van der Waals surface area contributed by atoms with Crippen LogP contribution in [0.15, 0.2) is 33.5 Å². The maximum Gasteiger partial charge on any atom is 0.168 e. The fourth-order valence-corrected chi connectivity index (χ4v) is 5.12. The van der Waals surface area contributed by atoms with Gasteiger partial charge in [-0.15, -0.1) is 11.3 Å². The van der Waals surface area contributed by atoms with Gasteiger partial charge in [-0.3, -0.25) is 4.99 Å². The third-order valence-electron chi connectivity index (χ3n) is 4.07. The zero-order valence-electron chi connectivity index (χ0n) is 12.5. The first-order chi connectivity index (χ1) is 10.1. The molecule has 4 rings (SSSR count). The molecule has 0 atom stereocenters. The van der Waals surface area contributed by atoms with E-state index < -0.39 is 0 Å². The van der Waals surface area contributed by atoms with Crippen LogP contribution in [0.5, 0.6) is 0 Å². The Morgan fingerprint density at radius 3 is 2.95 bits per heavy atom. The van der Waals surface area contributed by atoms with Gasteiger partial charge in [-0.2, -0.15) is 0 Å². The SMILES string of the molecule is Cc1csc2ccc(C3=C(C(C)C)SC4=NCCN43)cc12. The van der Waals surface area contributed by atoms with Gasteiger partial charge in [0.1, 0.15) is 0 Å². The quantitative estimate of drug-likeness (QED) is 0.779. The zero-order chi connectivity index (χ0) is 14.6. The average molecular weight is 314 g/mol. The van der Waals surface area contributed by atoms with Crippen molar-refractivity contribution in [3.8, 4) is 0 Å². The lowest BCUT2D eigenvalue weighted by atomic mass is 10.0. The van der Waals surface area contributed by atoms with Gasteiger partial charge in [0.15, 0.2) is 5.17 Å². The molecule has 1 aromatic heterocycles. The van der Waals surface area contributed by atoms with E-state index in [1.807, 2.05) is 23.1 Å². The number of fused-ring (bicyclic) bond motifs is 2. The van der Waals surface area contributed by atoms with Crippen molar-refractivity contribution in [1.82, 2.24) is 4.90 Å². The predicted octanol–water partition coefficient (Wildman–Crippen LogP) is 4.95. The van der Waals surface area contributed by atoms with Crippen LogP contribution in [0.1, 0.15) is 25.0 Å². The maximum absolute atomic E-state index is 4.64. The number of amidine groups is 1. The number of aryl methyl sites for hydroxylation is 1. The number of hydrogen-bond acceptors (Lipinski definition) is 4. The van der Waals surface area contributed by atoms with Crippen LogP contribution in [-0.2, 0) is 0 Å². The van der Waals surface area contributed by atoms with Crippen LogP contribution >= 0.6 is 23.1 Å². The number of allylic oxidation sites excluding steroid dienone is 1. The molecular formula is C17H18N2S2. The molecule has 0 amide bonds. The maximum atomic E-state index is 4.64. The number of benzene rings is 1. The third-order valence-corrected chi connectivity index (χ3v) is 6.57. The predicted molar refractivity (Wildman–Crippen MR) is 94.9 cm³/mol. The Balaban J connectivity index is 1.90. The van der Waals surface area contributed by atoms with Crippen LogP contribution in [0.25, 0.3) is 15.8 Å². The van der Waals surface area contributed by atoms with Gasteiger partial charge in [0, 0.05) is 16.1 Å². The van der Waals surface area contributed by atoms with Gasteiger partial charge in [-0.1, -0.05) is 31.7 Å². The Kier molecular flexibility index (Phi) is 3.12. The monoisotopic (exact) mass is 314 g/mol. The number of aliphatic imine (C=N–C) groups is 1. The van der Waals surface area contributed by atoms with Gasteiger partial charge in [0.25, 0.3) is 0 Å². The first kappa shape index (κ1) is 13.4. The van der Waals surface area contributed by atoms with E-state index in [1.165, 1.54) is 37.0 Å². The molecule has 0 bridgehead atoms. The summed E-state index contributed by atoms with van der Waals surface area (Å²) in [4.78, 5) is 8.51. The van der Waals surface area contributed by atoms with Gasteiger partial charge in [-0.05, 0) is 46.9 Å². The van der Waals surface area contributed by atoms with Crippen molar-refractivity contribution in [2.75, 3.05) is 13.1 Å². The lowest BCUT2D eigenvalue weighted by Crippen LogP contribution is -2.20. The van der Waals surface area contributed by atoms with E-state index in [-0.39, 0.29) is 0 Å². The van der Waals surface area contributed by atoms with Crippen molar-refractivity contribution in [3.05, 3.63) is 39.6 Å². The number of nitrogens with zero attached hydrogens (tertiary/aromatic N) is 2. The average Bonchev–Trinajstić information content (AvgIpc) is 3.12. The highest BCUT2D eigenvalue weighted by molar-refractivity contribution is 8.17. The molecule has 0 unspecified atom stereocenters. The first-order valence-electron chi connectivity index (χ1n) is 7.37. The first-order valence-corrected chi connectivity index (χ1v) is 9.07. The topological polar surface area (TPSA) is 15.6 Å². The zero-order valence-corrected chi connectivity index (χ0v) is 14.1. The van der Waals surface area contributed by atoms with E-state index >= 15 is 0 Å². The largest absolute Gasteiger partial charge is 0.318 e. The molecule has 0 saturated carbocycles. The Labute approximate surface area is 133 Å². The minimum Gasteiger partial charge on any atom is -0.318 e. The molecule has 0 saturated heterocycles. The van der Waals surface area contributed by atoms with Crippen molar-refractivity contribution < 1.29 is 0 Å². The fraction of sp³-hybridized carbons (Fsp3) is 0.353. The lowest BCUT2D eigenvalue weighted by molar-refractivity contribution is 0.641. The van der Waals surface area contributed by atoms with Crippen molar-refractivity contribution in [3.63, 3.8) is 0 Å². The molecule has 0 radical (unpaired) electrons. The highest BCUT2D eigenvalue weighted by atomic mass is 32.2. The Morgan fingerprint density at radius 2 is 2.14 bits per heavy atom. The van der Waals surface area contributed by atoms with Crippen molar-refractivity contribution in [2.24, 2.45) is 10.9 Å². The molecule has 2 aliphatic rings. The van der Waals surface area contributed by atoms with Crippen molar-refractivity contribution in [1.29, 1.82) is 0 Å². The lowest BCUT2D eigenvalue weighted by Gasteiger charge is -2.18. The van der Waals surface area contributed by atoms with Gasteiger partial charge < -0.3 is 4.90 Å². The highest BCUT2D eigenvalue weighted by Crippen LogP contribution is 2.45. The molecule has 0 spiro atoms. The number of rotatable bonds is 2. The minimum absolute atomic E-state index is 0.539.